The van der Waals surface area contributed by atoms with Crippen molar-refractivity contribution in [1.82, 2.24) is 15.4 Å². The summed E-state index contributed by atoms with van der Waals surface area (Å²) in [6.07, 6.45) is 4.93. The normalized spacial score (nSPS) is 11.2. The number of hydrogen-bond donors (Lipinski definition) is 2. The van der Waals surface area contributed by atoms with Crippen LogP contribution in [0.1, 0.15) is 16.1 Å². The second-order valence-corrected chi connectivity index (χ2v) is 6.20. The van der Waals surface area contributed by atoms with Crippen LogP contribution in [0.15, 0.2) is 70.7 Å². The highest BCUT2D eigenvalue weighted by molar-refractivity contribution is 7.08. The first-order valence-electron chi connectivity index (χ1n) is 7.69. The van der Waals surface area contributed by atoms with Crippen LogP contribution in [-0.2, 0) is 0 Å². The van der Waals surface area contributed by atoms with Crippen LogP contribution in [0.2, 0.25) is 0 Å². The van der Waals surface area contributed by atoms with Crippen LogP contribution < -0.4 is 5.43 Å². The number of nitrogens with zero attached hydrogens (tertiary/aromatic N) is 2. The third kappa shape index (κ3) is 3.07. The molecule has 0 saturated heterocycles. The van der Waals surface area contributed by atoms with Crippen molar-refractivity contribution in [3.05, 3.63) is 76.9 Å². The van der Waals surface area contributed by atoms with E-state index in [1.165, 1.54) is 0 Å². The maximum absolute atomic E-state index is 12.7. The largest absolute Gasteiger partial charge is 0.350 e. The van der Waals surface area contributed by atoms with Crippen LogP contribution in [0.5, 0.6) is 0 Å². The Bertz CT molecular complexity index is 1040. The van der Waals surface area contributed by atoms with Gasteiger partial charge in [-0.3, -0.25) is 9.78 Å². The van der Waals surface area contributed by atoms with E-state index in [0.717, 1.165) is 27.6 Å². The Balaban J connectivity index is 1.68. The van der Waals surface area contributed by atoms with Crippen molar-refractivity contribution < 1.29 is 4.79 Å². The maximum Gasteiger partial charge on any atom is 0.288 e. The summed E-state index contributed by atoms with van der Waals surface area (Å²) in [5.41, 5.74) is 6.74. The first-order valence-corrected chi connectivity index (χ1v) is 8.64. The fraction of sp³-hybridized carbons (Fsp3) is 0. The van der Waals surface area contributed by atoms with Crippen molar-refractivity contribution in [2.45, 2.75) is 0 Å². The summed E-state index contributed by atoms with van der Waals surface area (Å²) in [6, 6.07) is 13.6. The zero-order valence-electron chi connectivity index (χ0n) is 13.1. The highest BCUT2D eigenvalue weighted by Gasteiger charge is 2.18. The molecular formula is C19H14N4OS. The Labute approximate surface area is 148 Å². The molecule has 1 amide bonds. The lowest BCUT2D eigenvalue weighted by Gasteiger charge is -2.02. The van der Waals surface area contributed by atoms with Gasteiger partial charge in [0, 0.05) is 34.4 Å². The number of pyridine rings is 1. The van der Waals surface area contributed by atoms with Crippen LogP contribution in [0.4, 0.5) is 0 Å². The number of hydrazone groups is 1. The number of hydrogen-bond acceptors (Lipinski definition) is 4. The van der Waals surface area contributed by atoms with Gasteiger partial charge in [0.15, 0.2) is 0 Å². The van der Waals surface area contributed by atoms with Gasteiger partial charge >= 0.3 is 0 Å². The van der Waals surface area contributed by atoms with Gasteiger partial charge in [-0.15, -0.1) is 0 Å². The van der Waals surface area contributed by atoms with Gasteiger partial charge in [0.2, 0.25) is 0 Å². The van der Waals surface area contributed by atoms with Gasteiger partial charge in [-0.1, -0.05) is 24.3 Å². The van der Waals surface area contributed by atoms with Crippen molar-refractivity contribution in [3.63, 3.8) is 0 Å². The number of aromatic amines is 1. The molecule has 0 saturated carbocycles. The number of nitrogens with one attached hydrogen (secondary N) is 2. The summed E-state index contributed by atoms with van der Waals surface area (Å²) < 4.78 is 0. The minimum atomic E-state index is -0.280. The summed E-state index contributed by atoms with van der Waals surface area (Å²) in [5.74, 6) is -0.280. The quantitative estimate of drug-likeness (QED) is 0.432. The molecule has 4 aromatic rings. The SMILES string of the molecule is O=C(NN=Cc1cccnc1)c1[nH]c2ccccc2c1-c1ccsc1. The van der Waals surface area contributed by atoms with Crippen molar-refractivity contribution in [2.75, 3.05) is 0 Å². The minimum absolute atomic E-state index is 0.280. The number of thiophene rings is 1. The predicted octanol–water partition coefficient (Wildman–Crippen LogP) is 4.06. The lowest BCUT2D eigenvalue weighted by atomic mass is 10.0. The highest BCUT2D eigenvalue weighted by Crippen LogP contribution is 2.33. The Kier molecular flexibility index (Phi) is 4.10. The third-order valence-electron chi connectivity index (χ3n) is 3.81. The Morgan fingerprint density at radius 1 is 1.20 bits per heavy atom. The number of rotatable bonds is 4. The Hall–Kier alpha value is -3.25. The first kappa shape index (κ1) is 15.3. The lowest BCUT2D eigenvalue weighted by Crippen LogP contribution is -2.18. The monoisotopic (exact) mass is 346 g/mol. The highest BCUT2D eigenvalue weighted by atomic mass is 32.1. The van der Waals surface area contributed by atoms with E-state index in [4.69, 9.17) is 0 Å². The zero-order chi connectivity index (χ0) is 17.1. The zero-order valence-corrected chi connectivity index (χ0v) is 14.0. The summed E-state index contributed by atoms with van der Waals surface area (Å²) in [4.78, 5) is 19.9. The van der Waals surface area contributed by atoms with Crippen molar-refractivity contribution >= 4 is 34.4 Å². The van der Waals surface area contributed by atoms with Crippen LogP contribution in [-0.4, -0.2) is 22.1 Å². The molecule has 6 heteroatoms. The standard InChI is InChI=1S/C19H14N4OS/c24-19(23-21-11-13-4-3-8-20-10-13)18-17(14-7-9-25-12-14)15-5-1-2-6-16(15)22-18/h1-12,22H,(H,23,24). The molecule has 0 aliphatic rings. The smallest absolute Gasteiger partial charge is 0.288 e. The average molecular weight is 346 g/mol. The summed E-state index contributed by atoms with van der Waals surface area (Å²) >= 11 is 1.60. The average Bonchev–Trinajstić information content (AvgIpc) is 3.29. The van der Waals surface area contributed by atoms with E-state index in [1.807, 2.05) is 53.2 Å². The second kappa shape index (κ2) is 6.70. The number of fused-ring (bicyclic) bond motifs is 1. The molecule has 0 aliphatic carbocycles. The van der Waals surface area contributed by atoms with E-state index in [9.17, 15) is 4.79 Å². The van der Waals surface area contributed by atoms with Gasteiger partial charge in [0.05, 0.1) is 6.21 Å². The van der Waals surface area contributed by atoms with Gasteiger partial charge in [0.25, 0.3) is 5.91 Å². The topological polar surface area (TPSA) is 70.1 Å². The fourth-order valence-corrected chi connectivity index (χ4v) is 3.34. The molecular weight excluding hydrogens is 332 g/mol. The van der Waals surface area contributed by atoms with Crippen molar-refractivity contribution in [3.8, 4) is 11.1 Å². The molecule has 1 aromatic carbocycles. The lowest BCUT2D eigenvalue weighted by molar-refractivity contribution is 0.0951. The molecule has 0 atom stereocenters. The van der Waals surface area contributed by atoms with Crippen molar-refractivity contribution in [2.24, 2.45) is 5.10 Å². The van der Waals surface area contributed by atoms with E-state index < -0.39 is 0 Å². The Morgan fingerprint density at radius 3 is 2.92 bits per heavy atom. The molecule has 3 aromatic heterocycles. The van der Waals surface area contributed by atoms with Crippen LogP contribution >= 0.6 is 11.3 Å². The second-order valence-electron chi connectivity index (χ2n) is 5.42. The molecule has 0 spiro atoms. The number of para-hydroxylation sites is 1. The molecule has 0 fully saturated rings. The maximum atomic E-state index is 12.7. The van der Waals surface area contributed by atoms with Gasteiger partial charge in [0.1, 0.15) is 5.69 Å². The number of benzene rings is 1. The molecule has 2 N–H and O–H groups in total. The van der Waals surface area contributed by atoms with Gasteiger partial charge in [-0.2, -0.15) is 16.4 Å². The number of carbonyl (C=O) groups is 1. The summed E-state index contributed by atoms with van der Waals surface area (Å²) in [6.45, 7) is 0. The van der Waals surface area contributed by atoms with Gasteiger partial charge in [-0.05, 0) is 34.5 Å². The molecule has 0 bridgehead atoms. The van der Waals surface area contributed by atoms with E-state index in [1.54, 1.807) is 29.9 Å². The minimum Gasteiger partial charge on any atom is -0.350 e. The van der Waals surface area contributed by atoms with E-state index in [-0.39, 0.29) is 5.91 Å². The Morgan fingerprint density at radius 2 is 2.12 bits per heavy atom. The van der Waals surface area contributed by atoms with Crippen LogP contribution in [0, 0.1) is 0 Å². The molecule has 4 rings (SSSR count). The van der Waals surface area contributed by atoms with Crippen LogP contribution in [0.25, 0.3) is 22.0 Å². The van der Waals surface area contributed by atoms with Gasteiger partial charge < -0.3 is 4.98 Å². The third-order valence-corrected chi connectivity index (χ3v) is 4.49. The fourth-order valence-electron chi connectivity index (χ4n) is 2.69. The first-order chi connectivity index (χ1) is 12.3. The predicted molar refractivity (Wildman–Crippen MR) is 101 cm³/mol. The van der Waals surface area contributed by atoms with E-state index >= 15 is 0 Å². The molecule has 122 valence electrons. The molecule has 0 unspecified atom stereocenters. The number of aromatic nitrogens is 2. The number of amides is 1. The number of carbonyl (C=O) groups excluding carboxylic acids is 1. The van der Waals surface area contributed by atoms with E-state index in [2.05, 4.69) is 20.5 Å². The summed E-state index contributed by atoms with van der Waals surface area (Å²) in [5, 5.41) is 9.08. The number of H-pyrrole nitrogens is 1. The van der Waals surface area contributed by atoms with Crippen LogP contribution in [0.3, 0.4) is 0 Å². The molecule has 3 heterocycles. The van der Waals surface area contributed by atoms with Crippen molar-refractivity contribution in [1.29, 1.82) is 0 Å². The molecule has 5 nitrogen and oxygen atoms in total. The summed E-state index contributed by atoms with van der Waals surface area (Å²) in [7, 11) is 0. The van der Waals surface area contributed by atoms with Gasteiger partial charge in [-0.25, -0.2) is 5.43 Å². The molecule has 25 heavy (non-hydrogen) atoms. The molecule has 0 aliphatic heterocycles. The molecule has 0 radical (unpaired) electrons. The van der Waals surface area contributed by atoms with E-state index in [0.29, 0.717) is 5.69 Å².